The molecule has 5 heteroatoms. The molecule has 1 aromatic carbocycles. The van der Waals surface area contributed by atoms with E-state index in [-0.39, 0.29) is 5.91 Å². The number of aromatic nitrogens is 2. The van der Waals surface area contributed by atoms with Gasteiger partial charge in [0.2, 0.25) is 0 Å². The number of carbonyl (C=O) groups is 1. The monoisotopic (exact) mass is 324 g/mol. The summed E-state index contributed by atoms with van der Waals surface area (Å²) in [6.45, 7) is 3.84. The number of aryl methyl sites for hydroxylation is 1. The van der Waals surface area contributed by atoms with Gasteiger partial charge in [-0.1, -0.05) is 31.5 Å². The summed E-state index contributed by atoms with van der Waals surface area (Å²) in [6, 6.07) is 11.8. The standard InChI is InChI=1S/C19H24N4O/c1-3-4-13-22(2)18-12-11-16(20-21-18)19(24)23-14-7-9-15-8-5-6-10-17(15)23/h5-6,8,10-12H,3-4,7,9,13-14H2,1-2H3. The summed E-state index contributed by atoms with van der Waals surface area (Å²) in [5, 5.41) is 8.40. The van der Waals surface area contributed by atoms with Crippen molar-refractivity contribution in [1.29, 1.82) is 0 Å². The van der Waals surface area contributed by atoms with Crippen LogP contribution in [0.15, 0.2) is 36.4 Å². The molecule has 5 nitrogen and oxygen atoms in total. The maximum absolute atomic E-state index is 12.8. The van der Waals surface area contributed by atoms with Crippen molar-refractivity contribution in [2.75, 3.05) is 29.9 Å². The first kappa shape index (κ1) is 16.4. The van der Waals surface area contributed by atoms with Crippen LogP contribution in [0.25, 0.3) is 0 Å². The molecule has 24 heavy (non-hydrogen) atoms. The van der Waals surface area contributed by atoms with E-state index in [1.165, 1.54) is 5.56 Å². The Hall–Kier alpha value is -2.43. The molecular formula is C19H24N4O. The van der Waals surface area contributed by atoms with Gasteiger partial charge in [-0.05, 0) is 43.0 Å². The molecule has 126 valence electrons. The summed E-state index contributed by atoms with van der Waals surface area (Å²) in [5.41, 5.74) is 2.63. The number of benzene rings is 1. The van der Waals surface area contributed by atoms with E-state index in [4.69, 9.17) is 0 Å². The van der Waals surface area contributed by atoms with Crippen LogP contribution in [-0.4, -0.2) is 36.2 Å². The highest BCUT2D eigenvalue weighted by Gasteiger charge is 2.24. The van der Waals surface area contributed by atoms with E-state index in [9.17, 15) is 4.79 Å². The molecule has 3 rings (SSSR count). The molecular weight excluding hydrogens is 300 g/mol. The molecule has 0 fully saturated rings. The zero-order chi connectivity index (χ0) is 16.9. The lowest BCUT2D eigenvalue weighted by molar-refractivity contribution is 0.0979. The number of amides is 1. The van der Waals surface area contributed by atoms with Crippen molar-refractivity contribution in [3.63, 3.8) is 0 Å². The number of fused-ring (bicyclic) bond motifs is 1. The van der Waals surface area contributed by atoms with Crippen LogP contribution in [0.5, 0.6) is 0 Å². The van der Waals surface area contributed by atoms with E-state index in [0.717, 1.165) is 50.3 Å². The van der Waals surface area contributed by atoms with E-state index < -0.39 is 0 Å². The normalized spacial score (nSPS) is 13.5. The fourth-order valence-corrected chi connectivity index (χ4v) is 3.04. The minimum absolute atomic E-state index is 0.0718. The smallest absolute Gasteiger partial charge is 0.278 e. The molecule has 0 N–H and O–H groups in total. The Morgan fingerprint density at radius 1 is 1.21 bits per heavy atom. The highest BCUT2D eigenvalue weighted by atomic mass is 16.2. The van der Waals surface area contributed by atoms with E-state index in [1.54, 1.807) is 6.07 Å². The van der Waals surface area contributed by atoms with Gasteiger partial charge in [0.15, 0.2) is 11.5 Å². The Morgan fingerprint density at radius 2 is 2.04 bits per heavy atom. The average molecular weight is 324 g/mol. The van der Waals surface area contributed by atoms with Crippen LogP contribution in [0.2, 0.25) is 0 Å². The Morgan fingerprint density at radius 3 is 2.79 bits per heavy atom. The molecule has 0 saturated heterocycles. The molecule has 0 spiro atoms. The zero-order valence-corrected chi connectivity index (χ0v) is 14.4. The fourth-order valence-electron chi connectivity index (χ4n) is 3.04. The first-order chi connectivity index (χ1) is 11.7. The van der Waals surface area contributed by atoms with E-state index >= 15 is 0 Å². The first-order valence-electron chi connectivity index (χ1n) is 8.65. The minimum atomic E-state index is -0.0718. The van der Waals surface area contributed by atoms with Gasteiger partial charge in [0, 0.05) is 25.8 Å². The molecule has 2 heterocycles. The largest absolute Gasteiger partial charge is 0.358 e. The summed E-state index contributed by atoms with van der Waals surface area (Å²) in [4.78, 5) is 16.7. The van der Waals surface area contributed by atoms with Crippen molar-refractivity contribution in [3.05, 3.63) is 47.7 Å². The van der Waals surface area contributed by atoms with Crippen molar-refractivity contribution >= 4 is 17.4 Å². The molecule has 1 amide bonds. The zero-order valence-electron chi connectivity index (χ0n) is 14.4. The Balaban J connectivity index is 1.77. The summed E-state index contributed by atoms with van der Waals surface area (Å²) in [7, 11) is 2.00. The van der Waals surface area contributed by atoms with Crippen molar-refractivity contribution in [1.82, 2.24) is 10.2 Å². The van der Waals surface area contributed by atoms with Crippen molar-refractivity contribution < 1.29 is 4.79 Å². The van der Waals surface area contributed by atoms with Gasteiger partial charge < -0.3 is 9.80 Å². The molecule has 0 aliphatic carbocycles. The van der Waals surface area contributed by atoms with Crippen LogP contribution in [0.4, 0.5) is 11.5 Å². The summed E-state index contributed by atoms with van der Waals surface area (Å²) in [6.07, 6.45) is 4.26. The molecule has 2 aromatic rings. The van der Waals surface area contributed by atoms with Crippen LogP contribution in [0.1, 0.15) is 42.2 Å². The number of nitrogens with zero attached hydrogens (tertiary/aromatic N) is 4. The van der Waals surface area contributed by atoms with Crippen molar-refractivity contribution in [2.24, 2.45) is 0 Å². The first-order valence-corrected chi connectivity index (χ1v) is 8.65. The number of carbonyl (C=O) groups excluding carboxylic acids is 1. The SMILES string of the molecule is CCCCN(C)c1ccc(C(=O)N2CCCc3ccccc32)nn1. The number of hydrogen-bond donors (Lipinski definition) is 0. The Kier molecular flexibility index (Phi) is 5.08. The lowest BCUT2D eigenvalue weighted by atomic mass is 10.0. The molecule has 1 aliphatic rings. The Labute approximate surface area is 143 Å². The topological polar surface area (TPSA) is 49.3 Å². The van der Waals surface area contributed by atoms with E-state index in [1.807, 2.05) is 36.2 Å². The predicted molar refractivity (Wildman–Crippen MR) is 96.6 cm³/mol. The second kappa shape index (κ2) is 7.43. The lowest BCUT2D eigenvalue weighted by Crippen LogP contribution is -2.36. The van der Waals surface area contributed by atoms with Gasteiger partial charge in [0.05, 0.1) is 0 Å². The number of para-hydroxylation sites is 1. The highest BCUT2D eigenvalue weighted by Crippen LogP contribution is 2.27. The number of unbranched alkanes of at least 4 members (excludes halogenated alkanes) is 1. The van der Waals surface area contributed by atoms with E-state index in [0.29, 0.717) is 5.69 Å². The predicted octanol–water partition coefficient (Wildman–Crippen LogP) is 3.31. The molecule has 0 bridgehead atoms. The maximum Gasteiger partial charge on any atom is 0.278 e. The number of rotatable bonds is 5. The van der Waals surface area contributed by atoms with Crippen molar-refractivity contribution in [3.8, 4) is 0 Å². The van der Waals surface area contributed by atoms with Crippen LogP contribution in [-0.2, 0) is 6.42 Å². The van der Waals surface area contributed by atoms with Gasteiger partial charge in [-0.2, -0.15) is 0 Å². The number of anilines is 2. The van der Waals surface area contributed by atoms with Gasteiger partial charge >= 0.3 is 0 Å². The molecule has 1 aliphatic heterocycles. The molecule has 0 unspecified atom stereocenters. The summed E-state index contributed by atoms with van der Waals surface area (Å²) >= 11 is 0. The summed E-state index contributed by atoms with van der Waals surface area (Å²) < 4.78 is 0. The number of hydrogen-bond acceptors (Lipinski definition) is 4. The highest BCUT2D eigenvalue weighted by molar-refractivity contribution is 6.05. The maximum atomic E-state index is 12.8. The third-order valence-corrected chi connectivity index (χ3v) is 4.46. The van der Waals surface area contributed by atoms with Gasteiger partial charge in [0.1, 0.15) is 0 Å². The Bertz CT molecular complexity index is 699. The van der Waals surface area contributed by atoms with E-state index in [2.05, 4.69) is 28.1 Å². The third kappa shape index (κ3) is 3.40. The van der Waals surface area contributed by atoms with Gasteiger partial charge in [-0.3, -0.25) is 4.79 Å². The minimum Gasteiger partial charge on any atom is -0.358 e. The quantitative estimate of drug-likeness (QED) is 0.847. The second-order valence-electron chi connectivity index (χ2n) is 6.24. The van der Waals surface area contributed by atoms with Crippen LogP contribution in [0.3, 0.4) is 0 Å². The molecule has 1 aromatic heterocycles. The van der Waals surface area contributed by atoms with Gasteiger partial charge in [-0.15, -0.1) is 10.2 Å². The van der Waals surface area contributed by atoms with Gasteiger partial charge in [-0.25, -0.2) is 0 Å². The lowest BCUT2D eigenvalue weighted by Gasteiger charge is -2.29. The molecule has 0 atom stereocenters. The molecule has 0 saturated carbocycles. The van der Waals surface area contributed by atoms with Crippen LogP contribution >= 0.6 is 0 Å². The van der Waals surface area contributed by atoms with Crippen molar-refractivity contribution in [2.45, 2.75) is 32.6 Å². The molecule has 0 radical (unpaired) electrons. The fraction of sp³-hybridized carbons (Fsp3) is 0.421. The summed E-state index contributed by atoms with van der Waals surface area (Å²) in [5.74, 6) is 0.733. The average Bonchev–Trinajstić information content (AvgIpc) is 2.65. The second-order valence-corrected chi connectivity index (χ2v) is 6.24. The van der Waals surface area contributed by atoms with Crippen LogP contribution < -0.4 is 9.80 Å². The van der Waals surface area contributed by atoms with Crippen LogP contribution in [0, 0.1) is 0 Å². The third-order valence-electron chi connectivity index (χ3n) is 4.46. The van der Waals surface area contributed by atoms with Gasteiger partial charge in [0.25, 0.3) is 5.91 Å².